The Morgan fingerprint density at radius 2 is 1.64 bits per heavy atom. The zero-order valence-corrected chi connectivity index (χ0v) is 15.8. The summed E-state index contributed by atoms with van der Waals surface area (Å²) >= 11 is 0. The third-order valence-electron chi connectivity index (χ3n) is 4.21. The lowest BCUT2D eigenvalue weighted by Crippen LogP contribution is -2.47. The second-order valence-corrected chi connectivity index (χ2v) is 6.23. The molecule has 2 unspecified atom stereocenters. The number of nitrogens with one attached hydrogen (secondary N) is 2. The molecule has 7 heteroatoms. The molecule has 2 rings (SSSR count). The Kier molecular flexibility index (Phi) is 7.56. The van der Waals surface area contributed by atoms with Gasteiger partial charge in [-0.15, -0.1) is 0 Å². The van der Waals surface area contributed by atoms with E-state index in [1.165, 1.54) is 7.11 Å². The van der Waals surface area contributed by atoms with Crippen LogP contribution in [0.1, 0.15) is 41.7 Å². The molecule has 0 aliphatic rings. The minimum atomic E-state index is -1.11. The van der Waals surface area contributed by atoms with Crippen molar-refractivity contribution in [2.24, 2.45) is 0 Å². The van der Waals surface area contributed by atoms with E-state index in [0.717, 1.165) is 0 Å². The SMILES string of the molecule is CCCC(NC(=O)C(NC(=O)c1ccc(OC)cc1)c1ccccc1)C(=O)O. The zero-order valence-electron chi connectivity index (χ0n) is 15.8. The Bertz CT molecular complexity index is 805. The number of hydrogen-bond acceptors (Lipinski definition) is 4. The molecule has 28 heavy (non-hydrogen) atoms. The number of rotatable bonds is 9. The second-order valence-electron chi connectivity index (χ2n) is 6.23. The number of hydrogen-bond donors (Lipinski definition) is 3. The summed E-state index contributed by atoms with van der Waals surface area (Å²) in [6.07, 6.45) is 0.903. The predicted octanol–water partition coefficient (Wildman–Crippen LogP) is 2.54. The molecule has 0 fully saturated rings. The van der Waals surface area contributed by atoms with Crippen LogP contribution in [0.2, 0.25) is 0 Å². The van der Waals surface area contributed by atoms with Crippen molar-refractivity contribution in [3.8, 4) is 5.75 Å². The van der Waals surface area contributed by atoms with Gasteiger partial charge in [-0.2, -0.15) is 0 Å². The summed E-state index contributed by atoms with van der Waals surface area (Å²) in [4.78, 5) is 36.8. The van der Waals surface area contributed by atoms with E-state index in [2.05, 4.69) is 10.6 Å². The van der Waals surface area contributed by atoms with Gasteiger partial charge in [0, 0.05) is 5.56 Å². The summed E-state index contributed by atoms with van der Waals surface area (Å²) in [5, 5.41) is 14.5. The van der Waals surface area contributed by atoms with E-state index >= 15 is 0 Å². The first kappa shape index (κ1) is 21.0. The van der Waals surface area contributed by atoms with E-state index in [1.807, 2.05) is 6.92 Å². The highest BCUT2D eigenvalue weighted by molar-refractivity contribution is 5.98. The summed E-state index contributed by atoms with van der Waals surface area (Å²) in [5.41, 5.74) is 0.917. The first-order chi connectivity index (χ1) is 13.5. The number of amides is 2. The first-order valence-corrected chi connectivity index (χ1v) is 8.99. The van der Waals surface area contributed by atoms with E-state index in [9.17, 15) is 19.5 Å². The van der Waals surface area contributed by atoms with Gasteiger partial charge in [0.2, 0.25) is 5.91 Å². The van der Waals surface area contributed by atoms with Crippen LogP contribution in [0.3, 0.4) is 0 Å². The minimum Gasteiger partial charge on any atom is -0.497 e. The molecule has 0 aliphatic heterocycles. The molecule has 0 heterocycles. The van der Waals surface area contributed by atoms with Crippen LogP contribution in [-0.2, 0) is 9.59 Å². The van der Waals surface area contributed by atoms with Crippen molar-refractivity contribution in [3.63, 3.8) is 0 Å². The maximum absolute atomic E-state index is 12.8. The van der Waals surface area contributed by atoms with Crippen molar-refractivity contribution < 1.29 is 24.2 Å². The fourth-order valence-corrected chi connectivity index (χ4v) is 2.70. The van der Waals surface area contributed by atoms with Crippen LogP contribution >= 0.6 is 0 Å². The summed E-state index contributed by atoms with van der Waals surface area (Å²) in [5.74, 6) is -1.52. The van der Waals surface area contributed by atoms with Crippen molar-refractivity contribution in [3.05, 3.63) is 65.7 Å². The van der Waals surface area contributed by atoms with E-state index in [1.54, 1.807) is 54.6 Å². The number of methoxy groups -OCH3 is 1. The zero-order chi connectivity index (χ0) is 20.5. The topological polar surface area (TPSA) is 105 Å². The number of carboxylic acids is 1. The quantitative estimate of drug-likeness (QED) is 0.616. The van der Waals surface area contributed by atoms with Crippen molar-refractivity contribution in [2.45, 2.75) is 31.8 Å². The van der Waals surface area contributed by atoms with Crippen molar-refractivity contribution >= 4 is 17.8 Å². The van der Waals surface area contributed by atoms with Crippen LogP contribution in [0.15, 0.2) is 54.6 Å². The summed E-state index contributed by atoms with van der Waals surface area (Å²) in [7, 11) is 1.53. The van der Waals surface area contributed by atoms with Gasteiger partial charge in [-0.1, -0.05) is 43.7 Å². The van der Waals surface area contributed by atoms with Crippen molar-refractivity contribution in [2.75, 3.05) is 7.11 Å². The Morgan fingerprint density at radius 1 is 1.00 bits per heavy atom. The number of carbonyl (C=O) groups is 3. The third-order valence-corrected chi connectivity index (χ3v) is 4.21. The van der Waals surface area contributed by atoms with Gasteiger partial charge in [0.1, 0.15) is 17.8 Å². The molecular formula is C21H24N2O5. The molecule has 0 aliphatic carbocycles. The molecule has 0 radical (unpaired) electrons. The lowest BCUT2D eigenvalue weighted by Gasteiger charge is -2.21. The van der Waals surface area contributed by atoms with Crippen LogP contribution in [0, 0.1) is 0 Å². The maximum atomic E-state index is 12.8. The van der Waals surface area contributed by atoms with Crippen molar-refractivity contribution in [1.29, 1.82) is 0 Å². The molecule has 0 spiro atoms. The molecule has 2 atom stereocenters. The predicted molar refractivity (Wildman–Crippen MR) is 104 cm³/mol. The number of ether oxygens (including phenoxy) is 1. The van der Waals surface area contributed by atoms with E-state index in [0.29, 0.717) is 29.7 Å². The number of aliphatic carboxylic acids is 1. The van der Waals surface area contributed by atoms with E-state index < -0.39 is 29.9 Å². The summed E-state index contributed by atoms with van der Waals surface area (Å²) in [6, 6.07) is 13.1. The Labute approximate surface area is 163 Å². The fourth-order valence-electron chi connectivity index (χ4n) is 2.70. The van der Waals surface area contributed by atoms with Crippen LogP contribution in [0.25, 0.3) is 0 Å². The van der Waals surface area contributed by atoms with Gasteiger partial charge in [0.15, 0.2) is 0 Å². The molecule has 0 saturated heterocycles. The van der Waals surface area contributed by atoms with Gasteiger partial charge in [0.05, 0.1) is 7.11 Å². The average Bonchev–Trinajstić information content (AvgIpc) is 2.72. The van der Waals surface area contributed by atoms with Gasteiger partial charge < -0.3 is 20.5 Å². The highest BCUT2D eigenvalue weighted by Crippen LogP contribution is 2.16. The Balaban J connectivity index is 2.22. The molecular weight excluding hydrogens is 360 g/mol. The van der Waals surface area contributed by atoms with Crippen LogP contribution in [0.4, 0.5) is 0 Å². The molecule has 2 amide bonds. The number of benzene rings is 2. The molecule has 2 aromatic carbocycles. The van der Waals surface area contributed by atoms with Gasteiger partial charge in [-0.25, -0.2) is 4.79 Å². The van der Waals surface area contributed by atoms with Gasteiger partial charge in [-0.3, -0.25) is 9.59 Å². The molecule has 7 nitrogen and oxygen atoms in total. The molecule has 0 saturated carbocycles. The van der Waals surface area contributed by atoms with E-state index in [-0.39, 0.29) is 0 Å². The largest absolute Gasteiger partial charge is 0.497 e. The van der Waals surface area contributed by atoms with Crippen LogP contribution < -0.4 is 15.4 Å². The lowest BCUT2D eigenvalue weighted by molar-refractivity contribution is -0.142. The van der Waals surface area contributed by atoms with Crippen LogP contribution in [0.5, 0.6) is 5.75 Å². The second kappa shape index (κ2) is 10.1. The molecule has 148 valence electrons. The molecule has 3 N–H and O–H groups in total. The first-order valence-electron chi connectivity index (χ1n) is 8.99. The molecule has 0 bridgehead atoms. The Morgan fingerprint density at radius 3 is 2.18 bits per heavy atom. The standard InChI is InChI=1S/C21H24N2O5/c1-3-7-17(21(26)27)22-20(25)18(14-8-5-4-6-9-14)23-19(24)15-10-12-16(28-2)13-11-15/h4-6,8-13,17-18H,3,7H2,1-2H3,(H,22,25)(H,23,24)(H,26,27). The highest BCUT2D eigenvalue weighted by Gasteiger charge is 2.27. The fraction of sp³-hybridized carbons (Fsp3) is 0.286. The smallest absolute Gasteiger partial charge is 0.326 e. The summed E-state index contributed by atoms with van der Waals surface area (Å²) in [6.45, 7) is 1.84. The third kappa shape index (κ3) is 5.57. The maximum Gasteiger partial charge on any atom is 0.326 e. The molecule has 0 aromatic heterocycles. The van der Waals surface area contributed by atoms with Crippen molar-refractivity contribution in [1.82, 2.24) is 10.6 Å². The van der Waals surface area contributed by atoms with Crippen LogP contribution in [-0.4, -0.2) is 36.0 Å². The van der Waals surface area contributed by atoms with E-state index in [4.69, 9.17) is 4.74 Å². The monoisotopic (exact) mass is 384 g/mol. The highest BCUT2D eigenvalue weighted by atomic mass is 16.5. The minimum absolute atomic E-state index is 0.301. The normalized spacial score (nSPS) is 12.5. The lowest BCUT2D eigenvalue weighted by atomic mass is 10.0. The Hall–Kier alpha value is -3.35. The average molecular weight is 384 g/mol. The van der Waals surface area contributed by atoms with Gasteiger partial charge >= 0.3 is 5.97 Å². The van der Waals surface area contributed by atoms with Gasteiger partial charge in [0.25, 0.3) is 5.91 Å². The number of carbonyl (C=O) groups excluding carboxylic acids is 2. The molecule has 2 aromatic rings. The summed E-state index contributed by atoms with van der Waals surface area (Å²) < 4.78 is 5.08. The number of carboxylic acid groups (broad SMARTS) is 1. The van der Waals surface area contributed by atoms with Gasteiger partial charge in [-0.05, 0) is 36.2 Å².